The van der Waals surface area contributed by atoms with Gasteiger partial charge in [0.25, 0.3) is 0 Å². The molecule has 0 N–H and O–H groups in total. The van der Waals surface area contributed by atoms with Crippen molar-refractivity contribution in [3.05, 3.63) is 69.7 Å². The van der Waals surface area contributed by atoms with E-state index < -0.39 is 5.41 Å². The van der Waals surface area contributed by atoms with Crippen LogP contribution in [-0.4, -0.2) is 11.8 Å². The molecule has 0 aliphatic heterocycles. The summed E-state index contributed by atoms with van der Waals surface area (Å²) in [5, 5.41) is 1.01. The van der Waals surface area contributed by atoms with Crippen LogP contribution in [0.15, 0.2) is 48.5 Å². The molecule has 3 nitrogen and oxygen atoms in total. The number of esters is 1. The molecule has 0 aromatic heterocycles. The number of ether oxygens (including phenoxy) is 1. The third-order valence-electron chi connectivity index (χ3n) is 3.34. The number of benzene rings is 2. The minimum Gasteiger partial charge on any atom is -0.426 e. The van der Waals surface area contributed by atoms with Gasteiger partial charge >= 0.3 is 5.97 Å². The van der Waals surface area contributed by atoms with Gasteiger partial charge in [0.2, 0.25) is 0 Å². The van der Waals surface area contributed by atoms with E-state index >= 15 is 0 Å². The lowest BCUT2D eigenvalue weighted by molar-refractivity contribution is -0.142. The summed E-state index contributed by atoms with van der Waals surface area (Å²) < 4.78 is 5.27. The minimum atomic E-state index is -0.588. The highest BCUT2D eigenvalue weighted by Crippen LogP contribution is 2.23. The lowest BCUT2D eigenvalue weighted by atomic mass is 9.97. The molecular formula is C20H18Cl2O3. The van der Waals surface area contributed by atoms with Gasteiger partial charge in [0.05, 0.1) is 5.41 Å². The van der Waals surface area contributed by atoms with Crippen molar-refractivity contribution in [3.63, 3.8) is 0 Å². The van der Waals surface area contributed by atoms with Crippen molar-refractivity contribution in [2.24, 2.45) is 5.41 Å². The molecule has 0 aliphatic rings. The number of carbonyl (C=O) groups is 2. The molecule has 130 valence electrons. The largest absolute Gasteiger partial charge is 0.426 e. The Hall–Kier alpha value is -2.10. The predicted octanol–water partition coefficient (Wildman–Crippen LogP) is 5.84. The van der Waals surface area contributed by atoms with Gasteiger partial charge in [-0.1, -0.05) is 29.3 Å². The molecule has 25 heavy (non-hydrogen) atoms. The Labute approximate surface area is 157 Å². The standard InChI is InChI=1S/C20H18Cl2O3/c1-20(2,3)19(24)25-16-9-5-14(6-10-16)18(23)11-7-13-4-8-15(21)12-17(13)22/h4-12H,1-3H3/b11-7-. The Morgan fingerprint density at radius 3 is 2.20 bits per heavy atom. The van der Waals surface area contributed by atoms with Crippen LogP contribution < -0.4 is 4.74 Å². The Bertz CT molecular complexity index is 816. The van der Waals surface area contributed by atoms with Crippen molar-refractivity contribution in [3.8, 4) is 5.75 Å². The number of allylic oxidation sites excluding steroid dienone is 1. The Kier molecular flexibility index (Phi) is 6.04. The highest BCUT2D eigenvalue weighted by molar-refractivity contribution is 6.35. The topological polar surface area (TPSA) is 43.4 Å². The molecule has 0 radical (unpaired) electrons. The molecule has 0 spiro atoms. The lowest BCUT2D eigenvalue weighted by Gasteiger charge is -2.16. The highest BCUT2D eigenvalue weighted by atomic mass is 35.5. The van der Waals surface area contributed by atoms with E-state index in [-0.39, 0.29) is 11.8 Å². The number of carbonyl (C=O) groups excluding carboxylic acids is 2. The van der Waals surface area contributed by atoms with Gasteiger partial charge in [0, 0.05) is 15.6 Å². The third kappa shape index (κ3) is 5.45. The summed E-state index contributed by atoms with van der Waals surface area (Å²) in [4.78, 5) is 24.1. The van der Waals surface area contributed by atoms with E-state index in [1.165, 1.54) is 6.08 Å². The van der Waals surface area contributed by atoms with Crippen LogP contribution in [0.25, 0.3) is 6.08 Å². The van der Waals surface area contributed by atoms with Crippen LogP contribution in [-0.2, 0) is 4.79 Å². The maximum atomic E-state index is 12.2. The van der Waals surface area contributed by atoms with Crippen LogP contribution in [0, 0.1) is 5.41 Å². The van der Waals surface area contributed by atoms with Crippen LogP contribution in [0.2, 0.25) is 10.0 Å². The molecule has 2 rings (SSSR count). The second kappa shape index (κ2) is 7.85. The molecular weight excluding hydrogens is 359 g/mol. The van der Waals surface area contributed by atoms with Gasteiger partial charge in [-0.25, -0.2) is 0 Å². The maximum absolute atomic E-state index is 12.2. The zero-order chi connectivity index (χ0) is 18.6. The predicted molar refractivity (Wildman–Crippen MR) is 101 cm³/mol. The Balaban J connectivity index is 2.07. The average molecular weight is 377 g/mol. The number of rotatable bonds is 4. The van der Waals surface area contributed by atoms with Crippen LogP contribution in [0.3, 0.4) is 0 Å². The van der Waals surface area contributed by atoms with E-state index in [4.69, 9.17) is 27.9 Å². The molecule has 0 amide bonds. The van der Waals surface area contributed by atoms with Crippen molar-refractivity contribution in [1.82, 2.24) is 0 Å². The van der Waals surface area contributed by atoms with Crippen molar-refractivity contribution in [2.45, 2.75) is 20.8 Å². The fourth-order valence-electron chi connectivity index (χ4n) is 1.85. The minimum absolute atomic E-state index is 0.181. The van der Waals surface area contributed by atoms with Gasteiger partial charge in [-0.05, 0) is 74.9 Å². The average Bonchev–Trinajstić information content (AvgIpc) is 2.53. The van der Waals surface area contributed by atoms with Crippen LogP contribution >= 0.6 is 23.2 Å². The molecule has 0 bridgehead atoms. The van der Waals surface area contributed by atoms with Crippen molar-refractivity contribution < 1.29 is 14.3 Å². The molecule has 0 saturated heterocycles. The first-order chi connectivity index (χ1) is 11.7. The summed E-state index contributed by atoms with van der Waals surface area (Å²) in [6.45, 7) is 5.33. The third-order valence-corrected chi connectivity index (χ3v) is 3.90. The maximum Gasteiger partial charge on any atom is 0.316 e. The quantitative estimate of drug-likeness (QED) is 0.291. The Morgan fingerprint density at radius 2 is 1.64 bits per heavy atom. The van der Waals surface area contributed by atoms with E-state index in [0.717, 1.165) is 0 Å². The van der Waals surface area contributed by atoms with Gasteiger partial charge in [-0.2, -0.15) is 0 Å². The van der Waals surface area contributed by atoms with Gasteiger partial charge in [-0.15, -0.1) is 0 Å². The van der Waals surface area contributed by atoms with E-state index in [1.54, 1.807) is 69.3 Å². The zero-order valence-corrected chi connectivity index (χ0v) is 15.7. The first-order valence-electron chi connectivity index (χ1n) is 7.66. The van der Waals surface area contributed by atoms with E-state index in [9.17, 15) is 9.59 Å². The number of hydrogen-bond donors (Lipinski definition) is 0. The molecule has 0 saturated carbocycles. The fraction of sp³-hybridized carbons (Fsp3) is 0.200. The van der Waals surface area contributed by atoms with E-state index in [1.807, 2.05) is 0 Å². The molecule has 2 aromatic carbocycles. The molecule has 0 unspecified atom stereocenters. The summed E-state index contributed by atoms with van der Waals surface area (Å²) in [5.74, 6) is -0.107. The van der Waals surface area contributed by atoms with Gasteiger partial charge in [-0.3, -0.25) is 9.59 Å². The van der Waals surface area contributed by atoms with Crippen molar-refractivity contribution in [1.29, 1.82) is 0 Å². The summed E-state index contributed by atoms with van der Waals surface area (Å²) in [7, 11) is 0. The zero-order valence-electron chi connectivity index (χ0n) is 14.2. The monoisotopic (exact) mass is 376 g/mol. The van der Waals surface area contributed by atoms with Gasteiger partial charge < -0.3 is 4.74 Å². The number of hydrogen-bond acceptors (Lipinski definition) is 3. The summed E-state index contributed by atoms with van der Waals surface area (Å²) in [5.41, 5.74) is 0.599. The Morgan fingerprint density at radius 1 is 1.00 bits per heavy atom. The summed E-state index contributed by atoms with van der Waals surface area (Å²) in [6, 6.07) is 11.5. The molecule has 2 aromatic rings. The van der Waals surface area contributed by atoms with Crippen LogP contribution in [0.1, 0.15) is 36.7 Å². The smallest absolute Gasteiger partial charge is 0.316 e. The fourth-order valence-corrected chi connectivity index (χ4v) is 2.32. The normalized spacial score (nSPS) is 11.6. The molecule has 0 fully saturated rings. The molecule has 0 heterocycles. The first-order valence-corrected chi connectivity index (χ1v) is 8.42. The second-order valence-electron chi connectivity index (χ2n) is 6.53. The van der Waals surface area contributed by atoms with Gasteiger partial charge in [0.15, 0.2) is 5.78 Å². The lowest BCUT2D eigenvalue weighted by Crippen LogP contribution is -2.25. The molecule has 5 heteroatoms. The number of halogens is 2. The van der Waals surface area contributed by atoms with Crippen LogP contribution in [0.5, 0.6) is 5.75 Å². The molecule has 0 atom stereocenters. The summed E-state index contributed by atoms with van der Waals surface area (Å²) >= 11 is 11.9. The van der Waals surface area contributed by atoms with E-state index in [2.05, 4.69) is 0 Å². The van der Waals surface area contributed by atoms with Gasteiger partial charge in [0.1, 0.15) is 5.75 Å². The number of ketones is 1. The first kappa shape index (κ1) is 19.2. The van der Waals surface area contributed by atoms with Crippen molar-refractivity contribution >= 4 is 41.0 Å². The van der Waals surface area contributed by atoms with Crippen molar-refractivity contribution in [2.75, 3.05) is 0 Å². The highest BCUT2D eigenvalue weighted by Gasteiger charge is 2.23. The SMILES string of the molecule is CC(C)(C)C(=O)Oc1ccc(C(=O)/C=C\c2ccc(Cl)cc2Cl)cc1. The molecule has 0 aliphatic carbocycles. The van der Waals surface area contributed by atoms with E-state index in [0.29, 0.717) is 26.9 Å². The van der Waals surface area contributed by atoms with Crippen LogP contribution in [0.4, 0.5) is 0 Å². The summed E-state index contributed by atoms with van der Waals surface area (Å²) in [6.07, 6.45) is 3.07. The second-order valence-corrected chi connectivity index (χ2v) is 7.37.